The fraction of sp³-hybridized carbons (Fsp3) is 0.206. The minimum Gasteiger partial charge on any atom is -0.0622 e. The number of unbranched alkanes of at least 4 members (excludes halogenated alkanes) is 3. The van der Waals surface area contributed by atoms with Crippen LogP contribution >= 0.6 is 92.4 Å². The largest absolute Gasteiger partial charge is 0.0622 e. The van der Waals surface area contributed by atoms with Crippen LogP contribution in [0.1, 0.15) is 66.7 Å². The molecule has 0 radical (unpaired) electrons. The molecule has 80 heavy (non-hydrogen) atoms. The second-order valence-corrected chi connectivity index (χ2v) is 40.9. The summed E-state index contributed by atoms with van der Waals surface area (Å²) in [5.74, 6) is 0. The molecule has 1 aliphatic rings. The molecule has 420 valence electrons. The van der Waals surface area contributed by atoms with Crippen molar-refractivity contribution in [2.45, 2.75) is 80.0 Å². The Morgan fingerprint density at radius 3 is 1.12 bits per heavy atom. The molecular formula is C63H68Cl5N6P2PdS2Sn+. The molecule has 10 rings (SSSR count). The van der Waals surface area contributed by atoms with Gasteiger partial charge in [0.05, 0.1) is 0 Å². The number of thiazole rings is 2. The molecule has 0 bridgehead atoms. The summed E-state index contributed by atoms with van der Waals surface area (Å²) in [6.07, 6.45) is 17.6. The zero-order valence-corrected chi connectivity index (χ0v) is 55.9. The molecule has 0 saturated carbocycles. The van der Waals surface area contributed by atoms with Crippen molar-refractivity contribution in [1.29, 1.82) is 0 Å². The molecule has 0 fully saturated rings. The van der Waals surface area contributed by atoms with Crippen LogP contribution < -0.4 is 34.9 Å². The zero-order valence-electron chi connectivity index (χ0n) is 44.3. The van der Waals surface area contributed by atoms with Crippen LogP contribution in [0.3, 0.4) is 0 Å². The van der Waals surface area contributed by atoms with Crippen molar-refractivity contribution in [3.05, 3.63) is 235 Å². The first-order valence-corrected chi connectivity index (χ1v) is 42.9. The van der Waals surface area contributed by atoms with Gasteiger partial charge in [0.2, 0.25) is 10.6 Å². The van der Waals surface area contributed by atoms with E-state index in [2.05, 4.69) is 239 Å². The number of nitrogens with zero attached hydrogens (tertiary/aromatic N) is 6. The Morgan fingerprint density at radius 2 is 0.850 bits per heavy atom. The molecule has 4 heterocycles. The molecule has 6 aromatic carbocycles. The maximum Gasteiger partial charge on any atom is -0.0134 e. The van der Waals surface area contributed by atoms with Gasteiger partial charge in [-0.15, -0.1) is 11.3 Å². The maximum atomic E-state index is 5.62. The Morgan fingerprint density at radius 1 is 0.487 bits per heavy atom. The van der Waals surface area contributed by atoms with Crippen molar-refractivity contribution in [1.82, 2.24) is 19.9 Å². The van der Waals surface area contributed by atoms with Gasteiger partial charge in [-0.2, -0.15) is 9.98 Å². The predicted molar refractivity (Wildman–Crippen MR) is 358 cm³/mol. The number of aromatic nitrogens is 4. The molecule has 3 aromatic heterocycles. The van der Waals surface area contributed by atoms with Crippen molar-refractivity contribution in [2.75, 3.05) is 0 Å². The van der Waals surface area contributed by atoms with E-state index in [-0.39, 0.29) is 39.1 Å². The van der Waals surface area contributed by atoms with Gasteiger partial charge in [0.25, 0.3) is 6.20 Å². The van der Waals surface area contributed by atoms with Crippen LogP contribution in [0.4, 0.5) is 0 Å². The SMILES string of the molecule is C.CCC[CH2][Sn]([CH2]CCC)([CH2]CCC)[c]1nccs1.ClC1=NC(Cl)=NC=[C+]1.Clc1nccc(-c2nccs2)n1.[Cl][Pd][Cl].c1ccc(P(c2ccccc2)c2ccccc2)cc1.c1ccc(P(c2ccccc2)c2ccccc2)cc1. The van der Waals surface area contributed by atoms with Crippen molar-refractivity contribution in [3.8, 4) is 10.7 Å². The predicted octanol–water partition coefficient (Wildman–Crippen LogP) is 17.9. The number of hydrogen-bond donors (Lipinski definition) is 0. The van der Waals surface area contributed by atoms with Crippen molar-refractivity contribution in [3.63, 3.8) is 0 Å². The second kappa shape index (κ2) is 41.4. The number of rotatable bonds is 17. The number of aliphatic imine (C=N–C) groups is 2. The first-order valence-electron chi connectivity index (χ1n) is 25.8. The summed E-state index contributed by atoms with van der Waals surface area (Å²) in [6, 6.07) is 66.4. The minimum absolute atomic E-state index is 0. The molecule has 6 nitrogen and oxygen atoms in total. The van der Waals surface area contributed by atoms with E-state index < -0.39 is 34.2 Å². The number of allylic oxidation sites excluding steroid dienone is 1. The number of hydrogen-bond acceptors (Lipinski definition) is 8. The first kappa shape index (κ1) is 68.9. The Labute approximate surface area is 522 Å². The average Bonchev–Trinajstić information content (AvgIpc) is 4.27. The standard InChI is InChI=1S/2C18H15P.C7H4ClN3S.C4HCl2N2.3C4H9.C3H2NS.CH4.2ClH.Pd.Sn/c2*1-4-10-16(11-5-1)19(17-12-6-2-7-13-17)18-14-8-3-9-15-18;8-7-10-2-1-5(11-7)6-9-3-4-12-6;5-3-1-2-7-4(6)8-3;3*1-3-4-2;1-2-5-3-4-1;;;;;/h2*1-15H;1-4H;2H;3*1,3-4H2,2H3;1-2H;1H4;2*1H;;/q;;;+1;;;;;;;;+2;/p-2. The summed E-state index contributed by atoms with van der Waals surface area (Å²) in [7, 11) is 8.74. The third-order valence-electron chi connectivity index (χ3n) is 11.8. The Hall–Kier alpha value is -3.58. The maximum absolute atomic E-state index is 5.62. The average molecular weight is 1440 g/mol. The molecule has 0 N–H and O–H groups in total. The quantitative estimate of drug-likeness (QED) is 0.0299. The second-order valence-electron chi connectivity index (χ2n) is 17.3. The molecular weight excluding hydrogens is 1370 g/mol. The third-order valence-corrected chi connectivity index (χ3v) is 36.7. The van der Waals surface area contributed by atoms with Crippen LogP contribution in [0.25, 0.3) is 10.7 Å². The van der Waals surface area contributed by atoms with E-state index in [4.69, 9.17) is 58.8 Å². The van der Waals surface area contributed by atoms with Crippen LogP contribution in [0.2, 0.25) is 18.6 Å². The Bertz CT molecular complexity index is 2740. The summed E-state index contributed by atoms with van der Waals surface area (Å²) >= 11 is 17.5. The van der Waals surface area contributed by atoms with Gasteiger partial charge in [-0.05, 0) is 88.5 Å². The van der Waals surface area contributed by atoms with Crippen LogP contribution in [-0.4, -0.2) is 48.8 Å². The molecule has 0 unspecified atom stereocenters. The van der Waals surface area contributed by atoms with Gasteiger partial charge in [-0.3, -0.25) is 0 Å². The molecule has 0 aliphatic carbocycles. The van der Waals surface area contributed by atoms with Crippen LogP contribution in [0, 0.1) is 6.08 Å². The van der Waals surface area contributed by atoms with E-state index in [0.717, 1.165) is 10.7 Å². The first-order chi connectivity index (χ1) is 38.7. The van der Waals surface area contributed by atoms with E-state index in [1.165, 1.54) is 87.9 Å². The summed E-state index contributed by atoms with van der Waals surface area (Å²) in [6.45, 7) is 6.99. The van der Waals surface area contributed by atoms with Gasteiger partial charge >= 0.3 is 168 Å². The minimum atomic E-state index is -2.12. The Kier molecular flexibility index (Phi) is 35.7. The molecule has 0 atom stereocenters. The van der Waals surface area contributed by atoms with E-state index >= 15 is 0 Å². The zero-order chi connectivity index (χ0) is 56.2. The summed E-state index contributed by atoms with van der Waals surface area (Å²) < 4.78 is 6.23. The normalized spacial score (nSPS) is 11.2. The monoisotopic (exact) mass is 1440 g/mol. The Balaban J connectivity index is 0.000000217. The van der Waals surface area contributed by atoms with Gasteiger partial charge in [-0.25, -0.2) is 15.0 Å². The smallest absolute Gasteiger partial charge is 0.0134 e. The van der Waals surface area contributed by atoms with Gasteiger partial charge in [0.15, 0.2) is 0 Å². The van der Waals surface area contributed by atoms with Crippen molar-refractivity contribution >= 4 is 156 Å². The topological polar surface area (TPSA) is 76.3 Å². The molecule has 0 saturated heterocycles. The van der Waals surface area contributed by atoms with E-state index in [1.54, 1.807) is 34.8 Å². The summed E-state index contributed by atoms with van der Waals surface area (Å²) in [4.78, 5) is 23.7. The summed E-state index contributed by atoms with van der Waals surface area (Å²) in [5, 5.41) is 14.0. The fourth-order valence-electron chi connectivity index (χ4n) is 8.17. The van der Waals surface area contributed by atoms with Crippen molar-refractivity contribution in [2.24, 2.45) is 9.98 Å². The fourth-order valence-corrected chi connectivity index (χ4v) is 33.0. The molecule has 1 aliphatic heterocycles. The van der Waals surface area contributed by atoms with E-state index in [9.17, 15) is 0 Å². The number of halogens is 5. The summed E-state index contributed by atoms with van der Waals surface area (Å²) in [5.41, 5.74) is 0.769. The van der Waals surface area contributed by atoms with Gasteiger partial charge in [0, 0.05) is 17.8 Å². The molecule has 9 aromatic rings. The third kappa shape index (κ3) is 24.7. The van der Waals surface area contributed by atoms with Crippen molar-refractivity contribution < 1.29 is 15.9 Å². The van der Waals surface area contributed by atoms with Crippen LogP contribution in [-0.2, 0) is 15.9 Å². The van der Waals surface area contributed by atoms with Gasteiger partial charge in [0.1, 0.15) is 10.7 Å². The van der Waals surface area contributed by atoms with Crippen LogP contribution in [0.5, 0.6) is 0 Å². The van der Waals surface area contributed by atoms with Gasteiger partial charge in [-0.1, -0.05) is 189 Å². The molecule has 17 heteroatoms. The van der Waals surface area contributed by atoms with Crippen LogP contribution in [0.15, 0.2) is 234 Å². The molecule has 0 amide bonds. The van der Waals surface area contributed by atoms with E-state index in [0.29, 0.717) is 0 Å². The molecule has 0 spiro atoms. The number of benzene rings is 6. The number of amidine groups is 1. The van der Waals surface area contributed by atoms with E-state index in [1.807, 2.05) is 22.9 Å². The van der Waals surface area contributed by atoms with Gasteiger partial charge < -0.3 is 0 Å².